The number of rotatable bonds is 11. The Labute approximate surface area is 303 Å². The first kappa shape index (κ1) is 36.9. The van der Waals surface area contributed by atoms with Crippen molar-refractivity contribution >= 4 is 22.7 Å². The monoisotopic (exact) mass is 744 g/mol. The van der Waals surface area contributed by atoms with Crippen LogP contribution < -0.4 is 23.7 Å². The van der Waals surface area contributed by atoms with E-state index in [4.69, 9.17) is 56.8 Å². The first-order valence-corrected chi connectivity index (χ1v) is 16.7. The minimum absolute atomic E-state index is 0.0218. The SMILES string of the molecule is COc1cc2c(O[C@H]3OC[C@H](OC)[C@@H](OC)[C@@H]3O[C@H]3O[C@@H](COC(C)=O)[C@H](O)[C@@H](O)[C@@H]3O)c3c(c(-c4ccc5c(c4)OCO5)c2cc1OC)C(=O)OC3. The molecule has 0 unspecified atom stereocenters. The van der Waals surface area contributed by atoms with Crippen LogP contribution in [0.5, 0.6) is 28.7 Å². The molecule has 7 rings (SSSR count). The quantitative estimate of drug-likeness (QED) is 0.238. The number of carbonyl (C=O) groups excluding carboxylic acids is 2. The van der Waals surface area contributed by atoms with Gasteiger partial charge in [0.15, 0.2) is 35.4 Å². The molecule has 3 aromatic carbocycles. The zero-order valence-corrected chi connectivity index (χ0v) is 29.5. The third-order valence-electron chi connectivity index (χ3n) is 9.68. The number of hydrogen-bond donors (Lipinski definition) is 3. The van der Waals surface area contributed by atoms with Gasteiger partial charge >= 0.3 is 11.9 Å². The predicted molar refractivity (Wildman–Crippen MR) is 178 cm³/mol. The van der Waals surface area contributed by atoms with E-state index in [0.717, 1.165) is 0 Å². The zero-order valence-electron chi connectivity index (χ0n) is 29.5. The highest BCUT2D eigenvalue weighted by atomic mass is 16.8. The third-order valence-corrected chi connectivity index (χ3v) is 9.68. The fourth-order valence-corrected chi connectivity index (χ4v) is 7.01. The van der Waals surface area contributed by atoms with E-state index in [0.29, 0.717) is 50.5 Å². The normalized spacial score (nSPS) is 29.1. The highest BCUT2D eigenvalue weighted by molar-refractivity contribution is 6.14. The Hall–Kier alpha value is -4.46. The second kappa shape index (κ2) is 15.1. The fraction of sp³-hybridized carbons (Fsp3) is 0.500. The summed E-state index contributed by atoms with van der Waals surface area (Å²) in [7, 11) is 5.86. The summed E-state index contributed by atoms with van der Waals surface area (Å²) < 4.78 is 69.5. The van der Waals surface area contributed by atoms with Crippen LogP contribution in [-0.2, 0) is 44.6 Å². The molecule has 0 bridgehead atoms. The smallest absolute Gasteiger partial charge is 0.339 e. The van der Waals surface area contributed by atoms with Crippen molar-refractivity contribution in [1.29, 1.82) is 0 Å². The Balaban J connectivity index is 1.33. The van der Waals surface area contributed by atoms with Crippen molar-refractivity contribution in [3.8, 4) is 39.9 Å². The van der Waals surface area contributed by atoms with E-state index < -0.39 is 73.9 Å². The van der Waals surface area contributed by atoms with E-state index in [1.807, 2.05) is 6.07 Å². The van der Waals surface area contributed by atoms with Gasteiger partial charge in [-0.1, -0.05) is 6.07 Å². The first-order valence-electron chi connectivity index (χ1n) is 16.7. The summed E-state index contributed by atoms with van der Waals surface area (Å²) in [5.74, 6) is 0.773. The summed E-state index contributed by atoms with van der Waals surface area (Å²) in [6.07, 6.45) is -12.1. The molecule has 2 fully saturated rings. The van der Waals surface area contributed by atoms with Crippen molar-refractivity contribution in [3.05, 3.63) is 41.5 Å². The zero-order chi connectivity index (χ0) is 37.6. The first-order chi connectivity index (χ1) is 25.6. The van der Waals surface area contributed by atoms with Gasteiger partial charge < -0.3 is 72.2 Å². The number of aliphatic hydroxyl groups is 3. The van der Waals surface area contributed by atoms with Crippen molar-refractivity contribution in [1.82, 2.24) is 0 Å². The number of methoxy groups -OCH3 is 4. The average Bonchev–Trinajstić information content (AvgIpc) is 3.80. The largest absolute Gasteiger partial charge is 0.493 e. The van der Waals surface area contributed by atoms with Crippen LogP contribution in [0.3, 0.4) is 0 Å². The molecule has 0 radical (unpaired) electrons. The predicted octanol–water partition coefficient (Wildman–Crippen LogP) is 1.44. The molecular weight excluding hydrogens is 704 g/mol. The van der Waals surface area contributed by atoms with Crippen molar-refractivity contribution in [2.45, 2.75) is 68.8 Å². The molecule has 0 aliphatic carbocycles. The van der Waals surface area contributed by atoms with Gasteiger partial charge in [0, 0.05) is 37.7 Å². The molecular formula is C36H40O17. The molecule has 0 aromatic heterocycles. The van der Waals surface area contributed by atoms with Gasteiger partial charge in [0.1, 0.15) is 55.6 Å². The topological polar surface area (TPSA) is 206 Å². The van der Waals surface area contributed by atoms with E-state index in [9.17, 15) is 24.9 Å². The standard InChI is InChI=1S/C36H40O17/c1-15(37)46-12-24-28(38)29(39)30(40)35(51-24)53-33-32(45-5)25(44-4)13-48-36(33)52-31-18-10-22(43-3)21(42-2)9-17(18)26(27-19(31)11-47-34(27)41)16-6-7-20-23(8-16)50-14-49-20/h6-10,24-25,28-30,32-33,35-36,38-40H,11-14H2,1-5H3/t24-,25-,28-,29+,30-,32+,33-,35+,36+/m0/s1. The Bertz CT molecular complexity index is 1860. The van der Waals surface area contributed by atoms with Gasteiger partial charge in [-0.2, -0.15) is 0 Å². The Kier molecular flexibility index (Phi) is 10.5. The molecule has 3 aromatic rings. The molecule has 4 aliphatic rings. The Morgan fingerprint density at radius 3 is 2.26 bits per heavy atom. The maximum Gasteiger partial charge on any atom is 0.339 e. The van der Waals surface area contributed by atoms with Gasteiger partial charge in [0.2, 0.25) is 13.1 Å². The van der Waals surface area contributed by atoms with E-state index in [1.165, 1.54) is 35.4 Å². The third kappa shape index (κ3) is 6.67. The van der Waals surface area contributed by atoms with Gasteiger partial charge in [-0.25, -0.2) is 4.79 Å². The maximum absolute atomic E-state index is 13.6. The number of benzene rings is 3. The molecule has 0 saturated carbocycles. The van der Waals surface area contributed by atoms with Crippen LogP contribution in [0.25, 0.3) is 21.9 Å². The number of fused-ring (bicyclic) bond motifs is 3. The van der Waals surface area contributed by atoms with Crippen LogP contribution in [0.4, 0.5) is 0 Å². The maximum atomic E-state index is 13.6. The highest BCUT2D eigenvalue weighted by Gasteiger charge is 2.51. The Morgan fingerprint density at radius 1 is 0.830 bits per heavy atom. The lowest BCUT2D eigenvalue weighted by molar-refractivity contribution is -0.351. The van der Waals surface area contributed by atoms with E-state index >= 15 is 0 Å². The van der Waals surface area contributed by atoms with Crippen molar-refractivity contribution < 1.29 is 81.8 Å². The Morgan fingerprint density at radius 2 is 1.57 bits per heavy atom. The summed E-state index contributed by atoms with van der Waals surface area (Å²) in [6.45, 7) is 0.638. The van der Waals surface area contributed by atoms with Crippen LogP contribution in [0, 0.1) is 0 Å². The number of hydrogen-bond acceptors (Lipinski definition) is 17. The molecule has 17 heteroatoms. The number of esters is 2. The van der Waals surface area contributed by atoms with Crippen molar-refractivity contribution in [2.24, 2.45) is 0 Å². The number of ether oxygens (including phenoxy) is 12. The number of carbonyl (C=O) groups is 2. The molecule has 9 atom stereocenters. The molecule has 53 heavy (non-hydrogen) atoms. The molecule has 3 N–H and O–H groups in total. The summed E-state index contributed by atoms with van der Waals surface area (Å²) in [5, 5.41) is 33.3. The lowest BCUT2D eigenvalue weighted by atomic mass is 9.89. The van der Waals surface area contributed by atoms with Gasteiger partial charge in [0.25, 0.3) is 0 Å². The molecule has 4 heterocycles. The van der Waals surface area contributed by atoms with Crippen molar-refractivity contribution in [2.75, 3.05) is 48.4 Å². The van der Waals surface area contributed by atoms with Crippen LogP contribution >= 0.6 is 0 Å². The molecule has 17 nitrogen and oxygen atoms in total. The molecule has 4 aliphatic heterocycles. The van der Waals surface area contributed by atoms with E-state index in [2.05, 4.69) is 0 Å². The lowest BCUT2D eigenvalue weighted by Gasteiger charge is -2.45. The second-order valence-electron chi connectivity index (χ2n) is 12.7. The number of cyclic esters (lactones) is 1. The van der Waals surface area contributed by atoms with Gasteiger partial charge in [-0.15, -0.1) is 0 Å². The summed E-state index contributed by atoms with van der Waals surface area (Å²) in [6, 6.07) is 8.77. The van der Waals surface area contributed by atoms with E-state index in [1.54, 1.807) is 24.3 Å². The van der Waals surface area contributed by atoms with Crippen LogP contribution in [0.1, 0.15) is 22.8 Å². The second-order valence-corrected chi connectivity index (χ2v) is 12.7. The average molecular weight is 745 g/mol. The minimum Gasteiger partial charge on any atom is -0.493 e. The summed E-state index contributed by atoms with van der Waals surface area (Å²) in [5.41, 5.74) is 1.81. The van der Waals surface area contributed by atoms with Crippen LogP contribution in [-0.4, -0.2) is 131 Å². The van der Waals surface area contributed by atoms with Gasteiger partial charge in [-0.05, 0) is 35.2 Å². The lowest BCUT2D eigenvalue weighted by Crippen LogP contribution is -2.63. The van der Waals surface area contributed by atoms with Gasteiger partial charge in [-0.3, -0.25) is 4.79 Å². The van der Waals surface area contributed by atoms with Crippen LogP contribution in [0.2, 0.25) is 0 Å². The minimum atomic E-state index is -1.76. The molecule has 2 saturated heterocycles. The number of aliphatic hydroxyl groups excluding tert-OH is 3. The fourth-order valence-electron chi connectivity index (χ4n) is 7.01. The van der Waals surface area contributed by atoms with Crippen molar-refractivity contribution in [3.63, 3.8) is 0 Å². The molecule has 286 valence electrons. The summed E-state index contributed by atoms with van der Waals surface area (Å²) in [4.78, 5) is 25.1. The summed E-state index contributed by atoms with van der Waals surface area (Å²) >= 11 is 0. The molecule has 0 spiro atoms. The van der Waals surface area contributed by atoms with E-state index in [-0.39, 0.29) is 31.3 Å². The highest BCUT2D eigenvalue weighted by Crippen LogP contribution is 2.50. The van der Waals surface area contributed by atoms with Crippen LogP contribution in [0.15, 0.2) is 30.3 Å². The van der Waals surface area contributed by atoms with Gasteiger partial charge in [0.05, 0.1) is 26.4 Å². The molecule has 0 amide bonds.